The van der Waals surface area contributed by atoms with Crippen LogP contribution in [0.2, 0.25) is 10.0 Å². The Morgan fingerprint density at radius 3 is 2.52 bits per heavy atom. The van der Waals surface area contributed by atoms with Crippen LogP contribution in [0.3, 0.4) is 0 Å². The molecule has 3 aromatic rings. The number of halogens is 2. The zero-order valence-corrected chi connectivity index (χ0v) is 15.0. The molecule has 0 aliphatic heterocycles. The van der Waals surface area contributed by atoms with E-state index in [-0.39, 0.29) is 11.0 Å². The molecule has 0 radical (unpaired) electrons. The monoisotopic (exact) mass is 407 g/mol. The number of nitrogens with one attached hydrogen (secondary N) is 1. The summed E-state index contributed by atoms with van der Waals surface area (Å²) in [5, 5.41) is 21.8. The number of carbonyl (C=O) groups excluding carboxylic acids is 1. The second kappa shape index (κ2) is 7.30. The Hall–Kier alpha value is -3.03. The van der Waals surface area contributed by atoms with Gasteiger partial charge in [-0.1, -0.05) is 41.4 Å². The Bertz CT molecular complexity index is 1140. The number of carboxylic acid groups (broad SMARTS) is 1. The number of hydrogen-bond acceptors (Lipinski definition) is 5. The van der Waals surface area contributed by atoms with Gasteiger partial charge in [0.1, 0.15) is 17.9 Å². The maximum absolute atomic E-state index is 12.3. The third-order valence-electron chi connectivity index (χ3n) is 3.76. The first-order valence-electron chi connectivity index (χ1n) is 7.53. The zero-order valence-electron chi connectivity index (χ0n) is 13.5. The third-order valence-corrected chi connectivity index (χ3v) is 4.50. The van der Waals surface area contributed by atoms with Gasteiger partial charge in [0, 0.05) is 5.56 Å². The zero-order chi connectivity index (χ0) is 19.7. The maximum Gasteiger partial charge on any atom is 0.353 e. The third kappa shape index (κ3) is 3.60. The van der Waals surface area contributed by atoms with E-state index in [1.165, 1.54) is 6.07 Å². The summed E-state index contributed by atoms with van der Waals surface area (Å²) in [4.78, 5) is 34.9. The largest absolute Gasteiger partial charge is 0.506 e. The molecule has 0 spiro atoms. The van der Waals surface area contributed by atoms with Crippen LogP contribution < -0.4 is 10.9 Å². The Morgan fingerprint density at radius 1 is 1.11 bits per heavy atom. The Labute approximate surface area is 161 Å². The van der Waals surface area contributed by atoms with Crippen LogP contribution in [0.5, 0.6) is 5.75 Å². The van der Waals surface area contributed by atoms with Crippen molar-refractivity contribution >= 4 is 46.0 Å². The van der Waals surface area contributed by atoms with Crippen molar-refractivity contribution in [2.45, 2.75) is 0 Å². The van der Waals surface area contributed by atoms with Crippen LogP contribution in [0.1, 0.15) is 10.4 Å². The topological polar surface area (TPSA) is 117 Å². The molecule has 0 aliphatic carbocycles. The molecule has 0 saturated heterocycles. The van der Waals surface area contributed by atoms with E-state index in [9.17, 15) is 19.5 Å². The Kier molecular flexibility index (Phi) is 5.07. The second-order valence-electron chi connectivity index (χ2n) is 5.50. The summed E-state index contributed by atoms with van der Waals surface area (Å²) in [6.07, 6.45) is 0. The predicted octanol–water partition coefficient (Wildman–Crippen LogP) is 3.29. The van der Waals surface area contributed by atoms with Gasteiger partial charge >= 0.3 is 11.6 Å². The lowest BCUT2D eigenvalue weighted by Crippen LogP contribution is -2.32. The van der Waals surface area contributed by atoms with E-state index in [0.29, 0.717) is 21.2 Å². The fourth-order valence-electron chi connectivity index (χ4n) is 2.54. The summed E-state index contributed by atoms with van der Waals surface area (Å²) in [5.74, 6) is -2.95. The van der Waals surface area contributed by atoms with Gasteiger partial charge in [-0.25, -0.2) is 4.79 Å². The molecule has 0 unspecified atom stereocenters. The van der Waals surface area contributed by atoms with Gasteiger partial charge in [0.25, 0.3) is 5.91 Å². The average molecular weight is 408 g/mol. The summed E-state index contributed by atoms with van der Waals surface area (Å²) in [6, 6.07) is 9.51. The number of carbonyl (C=O) groups is 2. The standard InChI is InChI=1S/C18H11Cl2NO6/c19-11-5-4-8(6-12(11)20)9-2-1-3-10-15(24)14(18(26)27-16(9)10)17(25)21-7-13(22)23/h1-6,24H,7H2,(H,21,25)(H,22,23). The van der Waals surface area contributed by atoms with E-state index in [2.05, 4.69) is 0 Å². The summed E-state index contributed by atoms with van der Waals surface area (Å²) in [7, 11) is 0. The van der Waals surface area contributed by atoms with Gasteiger partial charge in [-0.15, -0.1) is 0 Å². The minimum atomic E-state index is -1.30. The number of fused-ring (bicyclic) bond motifs is 1. The predicted molar refractivity (Wildman–Crippen MR) is 99.6 cm³/mol. The highest BCUT2D eigenvalue weighted by Gasteiger charge is 2.22. The second-order valence-corrected chi connectivity index (χ2v) is 6.32. The maximum atomic E-state index is 12.3. The minimum Gasteiger partial charge on any atom is -0.506 e. The lowest BCUT2D eigenvalue weighted by atomic mass is 10.0. The Morgan fingerprint density at radius 2 is 1.85 bits per heavy atom. The van der Waals surface area contributed by atoms with E-state index in [1.54, 1.807) is 30.3 Å². The number of aromatic hydroxyl groups is 1. The average Bonchev–Trinajstić information content (AvgIpc) is 2.62. The van der Waals surface area contributed by atoms with Crippen molar-refractivity contribution < 1.29 is 24.2 Å². The lowest BCUT2D eigenvalue weighted by Gasteiger charge is -2.10. The summed E-state index contributed by atoms with van der Waals surface area (Å²) in [6.45, 7) is -0.709. The highest BCUT2D eigenvalue weighted by Crippen LogP contribution is 2.35. The van der Waals surface area contributed by atoms with E-state index in [0.717, 1.165) is 0 Å². The van der Waals surface area contributed by atoms with E-state index >= 15 is 0 Å². The van der Waals surface area contributed by atoms with Gasteiger partial charge in [0.15, 0.2) is 5.56 Å². The van der Waals surface area contributed by atoms with Gasteiger partial charge in [-0.2, -0.15) is 0 Å². The van der Waals surface area contributed by atoms with Crippen LogP contribution in [0, 0.1) is 0 Å². The van der Waals surface area contributed by atoms with Crippen molar-refractivity contribution in [2.24, 2.45) is 0 Å². The van der Waals surface area contributed by atoms with Crippen LogP contribution >= 0.6 is 23.2 Å². The molecule has 0 fully saturated rings. The van der Waals surface area contributed by atoms with Crippen LogP contribution in [-0.2, 0) is 4.79 Å². The number of aliphatic carboxylic acids is 1. The van der Waals surface area contributed by atoms with Crippen LogP contribution in [0.25, 0.3) is 22.1 Å². The highest BCUT2D eigenvalue weighted by atomic mass is 35.5. The Balaban J connectivity index is 2.18. The molecular formula is C18H11Cl2NO6. The minimum absolute atomic E-state index is 0.0492. The van der Waals surface area contributed by atoms with Crippen molar-refractivity contribution in [3.05, 3.63) is 62.4 Å². The first-order valence-corrected chi connectivity index (χ1v) is 8.29. The molecule has 0 bridgehead atoms. The van der Waals surface area contributed by atoms with Crippen molar-refractivity contribution in [1.82, 2.24) is 5.32 Å². The van der Waals surface area contributed by atoms with Crippen LogP contribution in [0.15, 0.2) is 45.6 Å². The van der Waals surface area contributed by atoms with Gasteiger partial charge in [-0.05, 0) is 23.8 Å². The first-order chi connectivity index (χ1) is 12.8. The van der Waals surface area contributed by atoms with Gasteiger partial charge < -0.3 is 19.9 Å². The molecule has 9 heteroatoms. The van der Waals surface area contributed by atoms with Gasteiger partial charge in [0.05, 0.1) is 15.4 Å². The molecule has 138 valence electrons. The van der Waals surface area contributed by atoms with Gasteiger partial charge in [0.2, 0.25) is 0 Å². The summed E-state index contributed by atoms with van der Waals surface area (Å²) in [5.41, 5.74) is -0.685. The number of amides is 1. The molecular weight excluding hydrogens is 397 g/mol. The molecule has 0 atom stereocenters. The molecule has 3 N–H and O–H groups in total. The molecule has 0 saturated carbocycles. The number of hydrogen-bond donors (Lipinski definition) is 3. The number of benzene rings is 2. The fourth-order valence-corrected chi connectivity index (χ4v) is 2.84. The van der Waals surface area contributed by atoms with Crippen LogP contribution in [-0.4, -0.2) is 28.6 Å². The van der Waals surface area contributed by atoms with Crippen molar-refractivity contribution in [1.29, 1.82) is 0 Å². The molecule has 7 nitrogen and oxygen atoms in total. The number of rotatable bonds is 4. The molecule has 1 amide bonds. The molecule has 2 aromatic carbocycles. The molecule has 0 aliphatic rings. The highest BCUT2D eigenvalue weighted by molar-refractivity contribution is 6.42. The number of para-hydroxylation sites is 1. The van der Waals surface area contributed by atoms with Crippen LogP contribution in [0.4, 0.5) is 0 Å². The SMILES string of the molecule is O=C(O)CNC(=O)c1c(O)c2cccc(-c3ccc(Cl)c(Cl)c3)c2oc1=O. The quantitative estimate of drug-likeness (QED) is 0.571. The van der Waals surface area contributed by atoms with Crippen molar-refractivity contribution in [3.63, 3.8) is 0 Å². The lowest BCUT2D eigenvalue weighted by molar-refractivity contribution is -0.135. The van der Waals surface area contributed by atoms with Crippen molar-refractivity contribution in [3.8, 4) is 16.9 Å². The molecule has 3 rings (SSSR count). The normalized spacial score (nSPS) is 10.7. The van der Waals surface area contributed by atoms with Crippen molar-refractivity contribution in [2.75, 3.05) is 6.54 Å². The summed E-state index contributed by atoms with van der Waals surface area (Å²) < 4.78 is 5.26. The van der Waals surface area contributed by atoms with E-state index in [1.807, 2.05) is 5.32 Å². The van der Waals surface area contributed by atoms with Gasteiger partial charge in [-0.3, -0.25) is 9.59 Å². The van der Waals surface area contributed by atoms with E-state index < -0.39 is 35.4 Å². The first kappa shape index (κ1) is 18.8. The molecule has 27 heavy (non-hydrogen) atoms. The summed E-state index contributed by atoms with van der Waals surface area (Å²) >= 11 is 11.9. The smallest absolute Gasteiger partial charge is 0.353 e. The molecule has 1 heterocycles. The molecule has 1 aromatic heterocycles. The number of carboxylic acids is 1. The fraction of sp³-hybridized carbons (Fsp3) is 0.0556. The van der Waals surface area contributed by atoms with E-state index in [4.69, 9.17) is 32.7 Å².